The van der Waals surface area contributed by atoms with Crippen molar-refractivity contribution in [2.75, 3.05) is 13.6 Å². The minimum absolute atomic E-state index is 0.0708. The van der Waals surface area contributed by atoms with Crippen molar-refractivity contribution in [2.24, 2.45) is 7.05 Å². The van der Waals surface area contributed by atoms with Crippen LogP contribution in [-0.4, -0.2) is 39.3 Å². The largest absolute Gasteiger partial charge is 0.331 e. The summed E-state index contributed by atoms with van der Waals surface area (Å²) in [5, 5.41) is 7.21. The number of carbonyl (C=O) groups is 1. The van der Waals surface area contributed by atoms with E-state index in [0.717, 1.165) is 23.4 Å². The first-order chi connectivity index (χ1) is 10.5. The van der Waals surface area contributed by atoms with Gasteiger partial charge >= 0.3 is 6.03 Å². The fourth-order valence-electron chi connectivity index (χ4n) is 2.24. The van der Waals surface area contributed by atoms with E-state index >= 15 is 0 Å². The van der Waals surface area contributed by atoms with E-state index in [9.17, 15) is 4.79 Å². The highest BCUT2D eigenvalue weighted by Crippen LogP contribution is 2.16. The van der Waals surface area contributed by atoms with E-state index in [-0.39, 0.29) is 12.1 Å². The Morgan fingerprint density at radius 1 is 1.45 bits per heavy atom. The van der Waals surface area contributed by atoms with E-state index in [1.165, 1.54) is 0 Å². The summed E-state index contributed by atoms with van der Waals surface area (Å²) in [6.07, 6.45) is 4.31. The van der Waals surface area contributed by atoms with Gasteiger partial charge in [0, 0.05) is 50.2 Å². The Hall–Kier alpha value is -2.37. The number of rotatable bonds is 5. The molecule has 2 aromatic heterocycles. The summed E-state index contributed by atoms with van der Waals surface area (Å²) in [5.74, 6) is 0. The second kappa shape index (κ2) is 7.06. The fourth-order valence-corrected chi connectivity index (χ4v) is 2.24. The van der Waals surface area contributed by atoms with Crippen molar-refractivity contribution in [1.29, 1.82) is 0 Å². The molecular weight excluding hydrogens is 278 g/mol. The molecule has 0 radical (unpaired) electrons. The lowest BCUT2D eigenvalue weighted by atomic mass is 10.1. The molecule has 0 fully saturated rings. The van der Waals surface area contributed by atoms with E-state index in [1.807, 2.05) is 43.8 Å². The molecular formula is C16H23N5O. The van der Waals surface area contributed by atoms with E-state index in [2.05, 4.69) is 15.4 Å². The lowest BCUT2D eigenvalue weighted by Gasteiger charge is -2.21. The smallest absolute Gasteiger partial charge is 0.317 e. The molecule has 118 valence electrons. The van der Waals surface area contributed by atoms with Crippen molar-refractivity contribution in [3.8, 4) is 0 Å². The number of hydrogen-bond donors (Lipinski definition) is 1. The maximum atomic E-state index is 12.2. The maximum Gasteiger partial charge on any atom is 0.317 e. The number of nitrogens with one attached hydrogen (secondary N) is 1. The summed E-state index contributed by atoms with van der Waals surface area (Å²) in [6.45, 7) is 4.59. The van der Waals surface area contributed by atoms with Gasteiger partial charge in [-0.05, 0) is 26.0 Å². The maximum absolute atomic E-state index is 12.2. The number of aromatic nitrogens is 3. The SMILES string of the molecule is Cc1c([C@H](C)NC(=O)N(C)CCc2ccccn2)cnn1C. The van der Waals surface area contributed by atoms with Crippen LogP contribution in [0.4, 0.5) is 4.79 Å². The van der Waals surface area contributed by atoms with E-state index in [4.69, 9.17) is 0 Å². The first kappa shape index (κ1) is 16.0. The van der Waals surface area contributed by atoms with Crippen LogP contribution in [0.3, 0.4) is 0 Å². The number of hydrogen-bond acceptors (Lipinski definition) is 3. The van der Waals surface area contributed by atoms with Gasteiger partial charge in [-0.1, -0.05) is 6.07 Å². The first-order valence-electron chi connectivity index (χ1n) is 7.39. The standard InChI is InChI=1S/C16H23N5O/c1-12(15-11-18-21(4)13(15)2)19-16(22)20(3)10-8-14-7-5-6-9-17-14/h5-7,9,11-12H,8,10H2,1-4H3,(H,19,22)/t12-/m0/s1. The molecule has 6 nitrogen and oxygen atoms in total. The van der Waals surface area contributed by atoms with Crippen LogP contribution in [0.5, 0.6) is 0 Å². The van der Waals surface area contributed by atoms with Crippen LogP contribution < -0.4 is 5.32 Å². The molecule has 0 aliphatic carbocycles. The van der Waals surface area contributed by atoms with Crippen LogP contribution in [-0.2, 0) is 13.5 Å². The Kier molecular flexibility index (Phi) is 5.14. The highest BCUT2D eigenvalue weighted by Gasteiger charge is 2.16. The number of likely N-dealkylation sites (N-methyl/N-ethyl adjacent to an activating group) is 1. The lowest BCUT2D eigenvalue weighted by Crippen LogP contribution is -2.39. The number of aryl methyl sites for hydroxylation is 1. The molecule has 0 aromatic carbocycles. The van der Waals surface area contributed by atoms with Crippen molar-refractivity contribution in [3.63, 3.8) is 0 Å². The average molecular weight is 301 g/mol. The van der Waals surface area contributed by atoms with Gasteiger partial charge in [-0.25, -0.2) is 4.79 Å². The molecule has 0 bridgehead atoms. The summed E-state index contributed by atoms with van der Waals surface area (Å²) in [5.41, 5.74) is 3.08. The Balaban J connectivity index is 1.87. The van der Waals surface area contributed by atoms with Gasteiger partial charge in [0.15, 0.2) is 0 Å². The summed E-state index contributed by atoms with van der Waals surface area (Å²) in [4.78, 5) is 18.2. The minimum Gasteiger partial charge on any atom is -0.331 e. The van der Waals surface area contributed by atoms with Crippen LogP contribution in [0, 0.1) is 6.92 Å². The zero-order chi connectivity index (χ0) is 16.1. The van der Waals surface area contributed by atoms with Crippen molar-refractivity contribution >= 4 is 6.03 Å². The third-order valence-corrected chi connectivity index (χ3v) is 3.86. The molecule has 0 saturated carbocycles. The van der Waals surface area contributed by atoms with Crippen molar-refractivity contribution < 1.29 is 4.79 Å². The summed E-state index contributed by atoms with van der Waals surface area (Å²) >= 11 is 0. The summed E-state index contributed by atoms with van der Waals surface area (Å²) < 4.78 is 1.81. The average Bonchev–Trinajstić information content (AvgIpc) is 2.85. The molecule has 1 N–H and O–H groups in total. The zero-order valence-electron chi connectivity index (χ0n) is 13.6. The number of pyridine rings is 1. The summed E-state index contributed by atoms with van der Waals surface area (Å²) in [6, 6.07) is 5.64. The van der Waals surface area contributed by atoms with E-state index < -0.39 is 0 Å². The second-order valence-corrected chi connectivity index (χ2v) is 5.47. The number of amides is 2. The van der Waals surface area contributed by atoms with Crippen LogP contribution in [0.1, 0.15) is 29.9 Å². The van der Waals surface area contributed by atoms with Gasteiger partial charge in [0.25, 0.3) is 0 Å². The third-order valence-electron chi connectivity index (χ3n) is 3.86. The molecule has 6 heteroatoms. The third kappa shape index (κ3) is 3.84. The van der Waals surface area contributed by atoms with Crippen LogP contribution in [0.25, 0.3) is 0 Å². The first-order valence-corrected chi connectivity index (χ1v) is 7.39. The molecule has 2 aromatic rings. The second-order valence-electron chi connectivity index (χ2n) is 5.47. The summed E-state index contributed by atoms with van der Waals surface area (Å²) in [7, 11) is 3.69. The van der Waals surface area contributed by atoms with E-state index in [0.29, 0.717) is 6.54 Å². The van der Waals surface area contributed by atoms with Crippen molar-refractivity contribution in [3.05, 3.63) is 47.5 Å². The lowest BCUT2D eigenvalue weighted by molar-refractivity contribution is 0.206. The Labute approximate surface area is 131 Å². The Bertz CT molecular complexity index is 623. The van der Waals surface area contributed by atoms with Crippen LogP contribution in [0.2, 0.25) is 0 Å². The van der Waals surface area contributed by atoms with Crippen molar-refractivity contribution in [2.45, 2.75) is 26.3 Å². The Morgan fingerprint density at radius 2 is 2.23 bits per heavy atom. The van der Waals surface area contributed by atoms with Gasteiger partial charge in [-0.2, -0.15) is 5.10 Å². The van der Waals surface area contributed by atoms with Gasteiger partial charge in [0.05, 0.1) is 12.2 Å². The topological polar surface area (TPSA) is 63.1 Å². The predicted molar refractivity (Wildman–Crippen MR) is 85.5 cm³/mol. The molecule has 2 heterocycles. The molecule has 1 atom stereocenters. The molecule has 2 amide bonds. The molecule has 0 unspecified atom stereocenters. The number of nitrogens with zero attached hydrogens (tertiary/aromatic N) is 4. The number of carbonyl (C=O) groups excluding carboxylic acids is 1. The van der Waals surface area contributed by atoms with Crippen LogP contribution >= 0.6 is 0 Å². The highest BCUT2D eigenvalue weighted by molar-refractivity contribution is 5.74. The molecule has 22 heavy (non-hydrogen) atoms. The highest BCUT2D eigenvalue weighted by atomic mass is 16.2. The van der Waals surface area contributed by atoms with Crippen LogP contribution in [0.15, 0.2) is 30.6 Å². The monoisotopic (exact) mass is 301 g/mol. The van der Waals surface area contributed by atoms with Gasteiger partial charge in [-0.3, -0.25) is 9.67 Å². The van der Waals surface area contributed by atoms with Gasteiger partial charge in [-0.15, -0.1) is 0 Å². The predicted octanol–water partition coefficient (Wildman–Crippen LogP) is 2.07. The quantitative estimate of drug-likeness (QED) is 0.919. The molecule has 0 aliphatic heterocycles. The Morgan fingerprint density at radius 3 is 2.82 bits per heavy atom. The molecule has 0 saturated heterocycles. The normalized spacial score (nSPS) is 12.0. The molecule has 0 aliphatic rings. The van der Waals surface area contributed by atoms with E-state index in [1.54, 1.807) is 24.3 Å². The molecule has 0 spiro atoms. The number of urea groups is 1. The van der Waals surface area contributed by atoms with Gasteiger partial charge in [0.1, 0.15) is 0 Å². The van der Waals surface area contributed by atoms with Crippen molar-refractivity contribution in [1.82, 2.24) is 25.0 Å². The van der Waals surface area contributed by atoms with Gasteiger partial charge in [0.2, 0.25) is 0 Å². The fraction of sp³-hybridized carbons (Fsp3) is 0.438. The van der Waals surface area contributed by atoms with Gasteiger partial charge < -0.3 is 10.2 Å². The minimum atomic E-state index is -0.0910. The zero-order valence-corrected chi connectivity index (χ0v) is 13.6. The molecule has 2 rings (SSSR count).